The molecule has 6 heteroatoms. The lowest BCUT2D eigenvalue weighted by atomic mass is 10.1. The number of amides is 1. The maximum atomic E-state index is 13.0. The van der Waals surface area contributed by atoms with Crippen LogP contribution in [0.1, 0.15) is 51.1 Å². The van der Waals surface area contributed by atoms with Crippen LogP contribution in [0, 0.1) is 20.8 Å². The van der Waals surface area contributed by atoms with E-state index in [0.717, 1.165) is 43.5 Å². The van der Waals surface area contributed by atoms with Gasteiger partial charge < -0.3 is 9.64 Å². The molecule has 2 aromatic heterocycles. The molecule has 1 amide bonds. The predicted octanol–water partition coefficient (Wildman–Crippen LogP) is 4.64. The highest BCUT2D eigenvalue weighted by Gasteiger charge is 2.29. The van der Waals surface area contributed by atoms with E-state index in [4.69, 9.17) is 9.72 Å². The average molecular weight is 396 g/mol. The fourth-order valence-corrected chi connectivity index (χ4v) is 4.61. The smallest absolute Gasteiger partial charge is 0.264 e. The number of aromatic nitrogens is 2. The molecule has 1 aliphatic carbocycles. The molecule has 0 N–H and O–H groups in total. The molecule has 3 aromatic rings. The molecule has 2 heterocycles. The van der Waals surface area contributed by atoms with Gasteiger partial charge in [0.2, 0.25) is 0 Å². The van der Waals surface area contributed by atoms with E-state index < -0.39 is 0 Å². The fourth-order valence-electron chi connectivity index (χ4n) is 3.37. The number of hydrogen-bond donors (Lipinski definition) is 0. The molecule has 146 valence electrons. The summed E-state index contributed by atoms with van der Waals surface area (Å²) in [4.78, 5) is 25.8. The van der Waals surface area contributed by atoms with Gasteiger partial charge in [0.1, 0.15) is 23.0 Å². The van der Waals surface area contributed by atoms with Gasteiger partial charge in [-0.1, -0.05) is 18.2 Å². The van der Waals surface area contributed by atoms with E-state index >= 15 is 0 Å². The van der Waals surface area contributed by atoms with Crippen molar-refractivity contribution in [3.05, 3.63) is 51.8 Å². The highest BCUT2D eigenvalue weighted by atomic mass is 32.1. The van der Waals surface area contributed by atoms with Crippen LogP contribution in [0.2, 0.25) is 0 Å². The number of hydrogen-bond acceptors (Lipinski definition) is 5. The van der Waals surface area contributed by atoms with Gasteiger partial charge in [-0.05, 0) is 50.8 Å². The first-order valence-electron chi connectivity index (χ1n) is 9.67. The van der Waals surface area contributed by atoms with Crippen LogP contribution in [0.15, 0.2) is 24.3 Å². The van der Waals surface area contributed by atoms with E-state index in [1.54, 1.807) is 4.90 Å². The highest BCUT2D eigenvalue weighted by molar-refractivity contribution is 7.20. The molecular formula is C22H25N3O2S. The number of carbonyl (C=O) groups excluding carboxylic acids is 1. The number of nitrogens with zero attached hydrogens (tertiary/aromatic N) is 3. The van der Waals surface area contributed by atoms with Crippen LogP contribution in [0.5, 0.6) is 5.75 Å². The Labute approximate surface area is 169 Å². The molecule has 1 fully saturated rings. The fraction of sp³-hybridized carbons (Fsp3) is 0.409. The quantitative estimate of drug-likeness (QED) is 0.610. The summed E-state index contributed by atoms with van der Waals surface area (Å²) >= 11 is 1.48. The Morgan fingerprint density at radius 2 is 1.96 bits per heavy atom. The summed E-state index contributed by atoms with van der Waals surface area (Å²) in [5.74, 6) is 2.32. The van der Waals surface area contributed by atoms with Crippen molar-refractivity contribution in [2.75, 3.05) is 20.2 Å². The molecule has 28 heavy (non-hydrogen) atoms. The highest BCUT2D eigenvalue weighted by Crippen LogP contribution is 2.40. The van der Waals surface area contributed by atoms with Gasteiger partial charge in [0, 0.05) is 18.4 Å². The lowest BCUT2D eigenvalue weighted by molar-refractivity contribution is 0.0778. The van der Waals surface area contributed by atoms with Gasteiger partial charge in [0.25, 0.3) is 5.91 Å². The Morgan fingerprint density at radius 1 is 1.21 bits per heavy atom. The maximum absolute atomic E-state index is 13.0. The number of rotatable bonds is 6. The molecule has 5 nitrogen and oxygen atoms in total. The largest absolute Gasteiger partial charge is 0.491 e. The zero-order valence-electron chi connectivity index (χ0n) is 16.8. The molecule has 0 atom stereocenters. The number of likely N-dealkylation sites (N-methyl/N-ethyl adjacent to an activating group) is 1. The van der Waals surface area contributed by atoms with E-state index in [1.165, 1.54) is 24.2 Å². The van der Waals surface area contributed by atoms with E-state index in [1.807, 2.05) is 52.1 Å². The van der Waals surface area contributed by atoms with Gasteiger partial charge in [-0.2, -0.15) is 0 Å². The SMILES string of the molecule is Cc1ccccc1OCCN(C)C(=O)c1sc2nc(C3CC3)nc(C)c2c1C. The van der Waals surface area contributed by atoms with Crippen LogP contribution in [0.4, 0.5) is 0 Å². The summed E-state index contributed by atoms with van der Waals surface area (Å²) in [6.45, 7) is 7.02. The Hall–Kier alpha value is -2.47. The first-order chi connectivity index (χ1) is 13.5. The minimum absolute atomic E-state index is 0.0151. The average Bonchev–Trinajstić information content (AvgIpc) is 3.46. The Kier molecular flexibility index (Phi) is 5.06. The lowest BCUT2D eigenvalue weighted by Crippen LogP contribution is -2.30. The molecular weight excluding hydrogens is 370 g/mol. The van der Waals surface area contributed by atoms with Crippen LogP contribution < -0.4 is 4.74 Å². The first-order valence-corrected chi connectivity index (χ1v) is 10.5. The zero-order chi connectivity index (χ0) is 19.8. The second-order valence-electron chi connectivity index (χ2n) is 7.52. The van der Waals surface area contributed by atoms with Crippen molar-refractivity contribution in [2.24, 2.45) is 0 Å². The third-order valence-electron chi connectivity index (χ3n) is 5.25. The van der Waals surface area contributed by atoms with E-state index in [0.29, 0.717) is 19.1 Å². The first kappa shape index (κ1) is 18.9. The number of carbonyl (C=O) groups is 1. The molecule has 0 unspecified atom stereocenters. The second-order valence-corrected chi connectivity index (χ2v) is 8.52. The van der Waals surface area contributed by atoms with Crippen LogP contribution >= 0.6 is 11.3 Å². The lowest BCUT2D eigenvalue weighted by Gasteiger charge is -2.17. The topological polar surface area (TPSA) is 55.3 Å². The number of fused-ring (bicyclic) bond motifs is 1. The van der Waals surface area contributed by atoms with Crippen molar-refractivity contribution in [3.63, 3.8) is 0 Å². The van der Waals surface area contributed by atoms with E-state index in [9.17, 15) is 4.79 Å². The van der Waals surface area contributed by atoms with Gasteiger partial charge in [0.15, 0.2) is 0 Å². The van der Waals surface area contributed by atoms with Crippen LogP contribution in [-0.4, -0.2) is 41.0 Å². The molecule has 4 rings (SSSR count). The molecule has 0 saturated heterocycles. The van der Waals surface area contributed by atoms with Crippen molar-refractivity contribution in [2.45, 2.75) is 39.5 Å². The molecule has 1 aromatic carbocycles. The van der Waals surface area contributed by atoms with Crippen LogP contribution in [0.25, 0.3) is 10.2 Å². The summed E-state index contributed by atoms with van der Waals surface area (Å²) in [5, 5.41) is 1.03. The van der Waals surface area contributed by atoms with E-state index in [-0.39, 0.29) is 5.91 Å². The molecule has 0 aliphatic heterocycles. The molecule has 1 saturated carbocycles. The van der Waals surface area contributed by atoms with Crippen molar-refractivity contribution < 1.29 is 9.53 Å². The van der Waals surface area contributed by atoms with Crippen molar-refractivity contribution >= 4 is 27.5 Å². The van der Waals surface area contributed by atoms with Crippen LogP contribution in [-0.2, 0) is 0 Å². The molecule has 0 radical (unpaired) electrons. The van der Waals surface area contributed by atoms with Crippen molar-refractivity contribution in [3.8, 4) is 5.75 Å². The van der Waals surface area contributed by atoms with E-state index in [2.05, 4.69) is 4.98 Å². The van der Waals surface area contributed by atoms with Gasteiger partial charge >= 0.3 is 0 Å². The zero-order valence-corrected chi connectivity index (χ0v) is 17.6. The maximum Gasteiger partial charge on any atom is 0.264 e. The minimum Gasteiger partial charge on any atom is -0.491 e. The van der Waals surface area contributed by atoms with Gasteiger partial charge in [-0.3, -0.25) is 4.79 Å². The minimum atomic E-state index is 0.0151. The van der Waals surface area contributed by atoms with Gasteiger partial charge in [0.05, 0.1) is 17.1 Å². The third-order valence-corrected chi connectivity index (χ3v) is 6.42. The van der Waals surface area contributed by atoms with Gasteiger partial charge in [-0.15, -0.1) is 11.3 Å². The Bertz CT molecular complexity index is 1040. The third kappa shape index (κ3) is 3.61. The number of benzene rings is 1. The number of aryl methyl sites for hydroxylation is 3. The second kappa shape index (κ2) is 7.51. The van der Waals surface area contributed by atoms with Crippen LogP contribution in [0.3, 0.4) is 0 Å². The molecule has 0 bridgehead atoms. The number of thiophene rings is 1. The summed E-state index contributed by atoms with van der Waals surface area (Å²) < 4.78 is 5.84. The van der Waals surface area contributed by atoms with Crippen molar-refractivity contribution in [1.82, 2.24) is 14.9 Å². The molecule has 0 spiro atoms. The number of ether oxygens (including phenoxy) is 1. The Morgan fingerprint density at radius 3 is 2.68 bits per heavy atom. The summed E-state index contributed by atoms with van der Waals surface area (Å²) in [5.41, 5.74) is 3.05. The van der Waals surface area contributed by atoms with Crippen molar-refractivity contribution in [1.29, 1.82) is 0 Å². The Balaban J connectivity index is 1.49. The molecule has 1 aliphatic rings. The standard InChI is InChI=1S/C22H25N3O2S/c1-13-7-5-6-8-17(13)27-12-11-25(4)22(26)19-14(2)18-15(3)23-20(16-9-10-16)24-21(18)28-19/h5-8,16H,9-12H2,1-4H3. The summed E-state index contributed by atoms with van der Waals surface area (Å²) in [7, 11) is 1.82. The van der Waals surface area contributed by atoms with Gasteiger partial charge in [-0.25, -0.2) is 9.97 Å². The normalized spacial score (nSPS) is 13.7. The predicted molar refractivity (Wildman–Crippen MR) is 112 cm³/mol. The number of para-hydroxylation sites is 1. The monoisotopic (exact) mass is 395 g/mol. The summed E-state index contributed by atoms with van der Waals surface area (Å²) in [6, 6.07) is 7.91. The summed E-state index contributed by atoms with van der Waals surface area (Å²) in [6.07, 6.45) is 2.34.